The molecule has 8 nitrogen and oxygen atoms in total. The molecule has 0 unspecified atom stereocenters. The predicted octanol–water partition coefficient (Wildman–Crippen LogP) is 3.97. The van der Waals surface area contributed by atoms with Gasteiger partial charge in [0, 0.05) is 36.3 Å². The molecule has 0 saturated carbocycles. The van der Waals surface area contributed by atoms with Gasteiger partial charge in [0.05, 0.1) is 19.0 Å². The number of amides is 1. The van der Waals surface area contributed by atoms with Gasteiger partial charge in [-0.15, -0.1) is 0 Å². The lowest BCUT2D eigenvalue weighted by Crippen LogP contribution is -2.42. The smallest absolute Gasteiger partial charge is 0.253 e. The van der Waals surface area contributed by atoms with E-state index in [1.54, 1.807) is 61.7 Å². The van der Waals surface area contributed by atoms with Gasteiger partial charge in [-0.25, -0.2) is 9.37 Å². The van der Waals surface area contributed by atoms with Gasteiger partial charge in [-0.1, -0.05) is 12.1 Å². The first kappa shape index (κ1) is 21.7. The number of nitrogens with one attached hydrogen (secondary N) is 1. The van der Waals surface area contributed by atoms with Gasteiger partial charge in [-0.2, -0.15) is 9.61 Å². The van der Waals surface area contributed by atoms with Crippen molar-refractivity contribution < 1.29 is 19.0 Å². The Bertz CT molecular complexity index is 1330. The van der Waals surface area contributed by atoms with Crippen LogP contribution in [0.3, 0.4) is 0 Å². The number of aromatic hydroxyl groups is 1. The van der Waals surface area contributed by atoms with Crippen LogP contribution in [-0.4, -0.2) is 56.8 Å². The van der Waals surface area contributed by atoms with E-state index in [2.05, 4.69) is 15.4 Å². The van der Waals surface area contributed by atoms with Gasteiger partial charge in [-0.05, 0) is 49.2 Å². The van der Waals surface area contributed by atoms with Crippen LogP contribution in [0.4, 0.5) is 10.2 Å². The molecule has 1 fully saturated rings. The summed E-state index contributed by atoms with van der Waals surface area (Å²) >= 11 is 0. The molecule has 1 aliphatic rings. The number of benzene rings is 2. The van der Waals surface area contributed by atoms with E-state index >= 15 is 0 Å². The third kappa shape index (κ3) is 4.12. The number of carbonyl (C=O) groups is 1. The second kappa shape index (κ2) is 9.01. The van der Waals surface area contributed by atoms with Gasteiger partial charge in [0.25, 0.3) is 5.91 Å². The maximum absolute atomic E-state index is 14.4. The number of phenolic OH excluding ortho intramolecular Hbond substituents is 1. The number of hydrogen-bond donors (Lipinski definition) is 2. The number of rotatable bonds is 5. The fourth-order valence-electron chi connectivity index (χ4n) is 4.22. The van der Waals surface area contributed by atoms with Crippen molar-refractivity contribution in [2.75, 3.05) is 25.5 Å². The molecule has 1 amide bonds. The van der Waals surface area contributed by atoms with Gasteiger partial charge >= 0.3 is 0 Å². The van der Waals surface area contributed by atoms with E-state index in [0.29, 0.717) is 41.5 Å². The van der Waals surface area contributed by atoms with Crippen LogP contribution in [0, 0.1) is 5.82 Å². The number of phenols is 1. The number of hydrogen-bond acceptors (Lipinski definition) is 6. The van der Waals surface area contributed by atoms with E-state index < -0.39 is 5.82 Å². The van der Waals surface area contributed by atoms with Gasteiger partial charge < -0.3 is 20.1 Å². The van der Waals surface area contributed by atoms with E-state index in [0.717, 1.165) is 19.0 Å². The fourth-order valence-corrected chi connectivity index (χ4v) is 4.22. The number of nitrogens with zero attached hydrogens (tertiary/aromatic N) is 4. The Morgan fingerprint density at radius 3 is 2.59 bits per heavy atom. The van der Waals surface area contributed by atoms with E-state index in [1.165, 1.54) is 4.52 Å². The SMILES string of the molecule is COc1ccc(C(=O)N2CCC(Nc3cc(-c4ccccc4O)nc4c(F)cnn34)CC2)cc1. The molecular formula is C25H24FN5O3. The monoisotopic (exact) mass is 461 g/mol. The number of carbonyl (C=O) groups excluding carboxylic acids is 1. The Morgan fingerprint density at radius 2 is 1.88 bits per heavy atom. The third-order valence-corrected chi connectivity index (χ3v) is 6.08. The number of piperidine rings is 1. The number of halogens is 1. The summed E-state index contributed by atoms with van der Waals surface area (Å²) in [5, 5.41) is 17.8. The summed E-state index contributed by atoms with van der Waals surface area (Å²) in [6, 6.07) is 15.7. The highest BCUT2D eigenvalue weighted by Crippen LogP contribution is 2.30. The molecule has 1 saturated heterocycles. The Kier molecular flexibility index (Phi) is 5.75. The number of aromatic nitrogens is 3. The normalized spacial score (nSPS) is 14.4. The van der Waals surface area contributed by atoms with E-state index in [-0.39, 0.29) is 23.3 Å². The Balaban J connectivity index is 1.33. The molecule has 34 heavy (non-hydrogen) atoms. The van der Waals surface area contributed by atoms with E-state index in [1.807, 2.05) is 4.90 Å². The Morgan fingerprint density at radius 1 is 1.15 bits per heavy atom. The molecule has 174 valence electrons. The quantitative estimate of drug-likeness (QED) is 0.467. The van der Waals surface area contributed by atoms with Gasteiger partial charge in [0.1, 0.15) is 17.3 Å². The summed E-state index contributed by atoms with van der Waals surface area (Å²) in [5.41, 5.74) is 1.66. The average molecular weight is 461 g/mol. The molecule has 0 bridgehead atoms. The summed E-state index contributed by atoms with van der Waals surface area (Å²) in [5.74, 6) is 0.799. The first-order valence-electron chi connectivity index (χ1n) is 11.1. The summed E-state index contributed by atoms with van der Waals surface area (Å²) in [6.07, 6.45) is 2.57. The molecule has 3 heterocycles. The minimum absolute atomic E-state index is 0.0107. The molecule has 0 aliphatic carbocycles. The number of ether oxygens (including phenoxy) is 1. The molecule has 0 atom stereocenters. The highest BCUT2D eigenvalue weighted by atomic mass is 19.1. The second-order valence-corrected chi connectivity index (χ2v) is 8.21. The molecule has 1 aliphatic heterocycles. The van der Waals surface area contributed by atoms with Gasteiger partial charge in [-0.3, -0.25) is 4.79 Å². The molecule has 0 spiro atoms. The summed E-state index contributed by atoms with van der Waals surface area (Å²) in [6.45, 7) is 1.19. The minimum Gasteiger partial charge on any atom is -0.507 e. The molecular weight excluding hydrogens is 437 g/mol. The number of para-hydroxylation sites is 1. The molecule has 9 heteroatoms. The highest BCUT2D eigenvalue weighted by molar-refractivity contribution is 5.94. The number of likely N-dealkylation sites (tertiary alicyclic amines) is 1. The fraction of sp³-hybridized carbons (Fsp3) is 0.240. The molecule has 2 aromatic heterocycles. The van der Waals surface area contributed by atoms with Crippen molar-refractivity contribution in [1.29, 1.82) is 0 Å². The van der Waals surface area contributed by atoms with Crippen LogP contribution in [0.15, 0.2) is 60.8 Å². The van der Waals surface area contributed by atoms with Crippen LogP contribution in [0.25, 0.3) is 16.9 Å². The van der Waals surface area contributed by atoms with Crippen molar-refractivity contribution in [2.45, 2.75) is 18.9 Å². The Hall–Kier alpha value is -4.14. The summed E-state index contributed by atoms with van der Waals surface area (Å²) in [7, 11) is 1.59. The standard InChI is InChI=1S/C25H24FN5O3/c1-34-18-8-6-16(7-9-18)25(33)30-12-10-17(11-13-30)28-23-14-21(19-4-2-3-5-22(19)32)29-24-20(26)15-27-31(23)24/h2-9,14-15,17,28,32H,10-13H2,1H3. The predicted molar refractivity (Wildman–Crippen MR) is 126 cm³/mol. The van der Waals surface area contributed by atoms with Crippen molar-refractivity contribution in [1.82, 2.24) is 19.5 Å². The summed E-state index contributed by atoms with van der Waals surface area (Å²) in [4.78, 5) is 19.1. The molecule has 0 radical (unpaired) electrons. The third-order valence-electron chi connectivity index (χ3n) is 6.08. The largest absolute Gasteiger partial charge is 0.507 e. The zero-order valence-electron chi connectivity index (χ0n) is 18.6. The topological polar surface area (TPSA) is 92.0 Å². The minimum atomic E-state index is -0.541. The lowest BCUT2D eigenvalue weighted by Gasteiger charge is -2.33. The van der Waals surface area contributed by atoms with E-state index in [9.17, 15) is 14.3 Å². The van der Waals surface area contributed by atoms with Crippen LogP contribution in [-0.2, 0) is 0 Å². The molecule has 4 aromatic rings. The maximum atomic E-state index is 14.4. The zero-order chi connectivity index (χ0) is 23.7. The number of anilines is 1. The lowest BCUT2D eigenvalue weighted by atomic mass is 10.0. The average Bonchev–Trinajstić information content (AvgIpc) is 3.25. The van der Waals surface area contributed by atoms with Crippen molar-refractivity contribution in [2.24, 2.45) is 0 Å². The Labute approximate surface area is 195 Å². The second-order valence-electron chi connectivity index (χ2n) is 8.21. The summed E-state index contributed by atoms with van der Waals surface area (Å²) < 4.78 is 20.9. The number of methoxy groups -OCH3 is 1. The lowest BCUT2D eigenvalue weighted by molar-refractivity contribution is 0.0718. The zero-order valence-corrected chi connectivity index (χ0v) is 18.6. The molecule has 5 rings (SSSR count). The van der Waals surface area contributed by atoms with Crippen molar-refractivity contribution in [3.8, 4) is 22.8 Å². The molecule has 2 aromatic carbocycles. The number of fused-ring (bicyclic) bond motifs is 1. The van der Waals surface area contributed by atoms with Crippen molar-refractivity contribution >= 4 is 17.4 Å². The van der Waals surface area contributed by atoms with Crippen LogP contribution < -0.4 is 10.1 Å². The van der Waals surface area contributed by atoms with Crippen LogP contribution in [0.1, 0.15) is 23.2 Å². The van der Waals surface area contributed by atoms with E-state index in [4.69, 9.17) is 4.74 Å². The van der Waals surface area contributed by atoms with Crippen molar-refractivity contribution in [3.05, 3.63) is 72.2 Å². The maximum Gasteiger partial charge on any atom is 0.253 e. The first-order chi connectivity index (χ1) is 16.5. The van der Waals surface area contributed by atoms with Gasteiger partial charge in [0.2, 0.25) is 0 Å². The molecule has 2 N–H and O–H groups in total. The first-order valence-corrected chi connectivity index (χ1v) is 11.1. The highest BCUT2D eigenvalue weighted by Gasteiger charge is 2.25. The van der Waals surface area contributed by atoms with Crippen LogP contribution >= 0.6 is 0 Å². The van der Waals surface area contributed by atoms with Crippen molar-refractivity contribution in [3.63, 3.8) is 0 Å². The van der Waals surface area contributed by atoms with Gasteiger partial charge in [0.15, 0.2) is 11.5 Å². The van der Waals surface area contributed by atoms with Crippen LogP contribution in [0.2, 0.25) is 0 Å². The van der Waals surface area contributed by atoms with Crippen LogP contribution in [0.5, 0.6) is 11.5 Å².